The quantitative estimate of drug-likeness (QED) is 0.779. The first kappa shape index (κ1) is 13.3. The van der Waals surface area contributed by atoms with E-state index in [-0.39, 0.29) is 12.0 Å². The number of nitrogens with zero attached hydrogens (tertiary/aromatic N) is 3. The van der Waals surface area contributed by atoms with Crippen molar-refractivity contribution in [2.24, 2.45) is 7.05 Å². The number of aromatic amines is 1. The molecule has 2 N–H and O–H groups in total. The first-order valence-electron chi connectivity index (χ1n) is 5.95. The summed E-state index contributed by atoms with van der Waals surface area (Å²) in [6.07, 6.45) is 1.66. The molecule has 0 radical (unpaired) electrons. The van der Waals surface area contributed by atoms with Gasteiger partial charge in [-0.15, -0.1) is 10.2 Å². The molecule has 19 heavy (non-hydrogen) atoms. The number of rotatable bonds is 5. The van der Waals surface area contributed by atoms with Crippen molar-refractivity contribution >= 4 is 5.97 Å². The number of hydrogen-bond donors (Lipinski definition) is 2. The van der Waals surface area contributed by atoms with Gasteiger partial charge in [0.05, 0.1) is 13.2 Å². The first-order chi connectivity index (χ1) is 9.11. The van der Waals surface area contributed by atoms with Crippen molar-refractivity contribution < 1.29 is 9.53 Å². The van der Waals surface area contributed by atoms with Crippen molar-refractivity contribution in [3.05, 3.63) is 35.7 Å². The number of carbonyl (C=O) groups is 1. The van der Waals surface area contributed by atoms with Crippen LogP contribution in [0.1, 0.15) is 35.0 Å². The van der Waals surface area contributed by atoms with E-state index in [0.29, 0.717) is 12.2 Å². The number of aromatic nitrogens is 4. The number of methoxy groups -OCH3 is 1. The van der Waals surface area contributed by atoms with Gasteiger partial charge in [0, 0.05) is 19.3 Å². The van der Waals surface area contributed by atoms with Crippen LogP contribution in [0.15, 0.2) is 18.5 Å². The molecule has 0 saturated carbocycles. The van der Waals surface area contributed by atoms with E-state index >= 15 is 0 Å². The van der Waals surface area contributed by atoms with Gasteiger partial charge in [-0.1, -0.05) is 0 Å². The lowest BCUT2D eigenvalue weighted by atomic mass is 10.3. The minimum Gasteiger partial charge on any atom is -0.464 e. The Morgan fingerprint density at radius 3 is 3.00 bits per heavy atom. The highest BCUT2D eigenvalue weighted by molar-refractivity contribution is 5.87. The lowest BCUT2D eigenvalue weighted by molar-refractivity contribution is 0.0594. The van der Waals surface area contributed by atoms with Crippen molar-refractivity contribution in [2.45, 2.75) is 19.5 Å². The summed E-state index contributed by atoms with van der Waals surface area (Å²) in [5.74, 6) is 0.493. The van der Waals surface area contributed by atoms with Crippen LogP contribution in [0.4, 0.5) is 0 Å². The van der Waals surface area contributed by atoms with Crippen LogP contribution in [0.3, 0.4) is 0 Å². The van der Waals surface area contributed by atoms with E-state index in [9.17, 15) is 4.79 Å². The summed E-state index contributed by atoms with van der Waals surface area (Å²) >= 11 is 0. The summed E-state index contributed by atoms with van der Waals surface area (Å²) in [6.45, 7) is 2.61. The Hall–Kier alpha value is -2.15. The van der Waals surface area contributed by atoms with Crippen molar-refractivity contribution in [1.29, 1.82) is 0 Å². The molecule has 102 valence electrons. The smallest absolute Gasteiger partial charge is 0.354 e. The fraction of sp³-hybridized carbons (Fsp3) is 0.417. The number of ether oxygens (including phenoxy) is 1. The topological polar surface area (TPSA) is 84.8 Å². The zero-order valence-corrected chi connectivity index (χ0v) is 11.2. The highest BCUT2D eigenvalue weighted by Crippen LogP contribution is 2.09. The molecule has 0 spiro atoms. The molecule has 7 nitrogen and oxygen atoms in total. The van der Waals surface area contributed by atoms with E-state index in [0.717, 1.165) is 11.5 Å². The number of H-pyrrole nitrogens is 1. The van der Waals surface area contributed by atoms with E-state index in [4.69, 9.17) is 0 Å². The van der Waals surface area contributed by atoms with Crippen molar-refractivity contribution in [3.8, 4) is 0 Å². The number of aryl methyl sites for hydroxylation is 1. The van der Waals surface area contributed by atoms with Crippen LogP contribution in [0.25, 0.3) is 0 Å². The molecule has 0 amide bonds. The molecule has 2 rings (SSSR count). The highest BCUT2D eigenvalue weighted by Gasteiger charge is 2.12. The molecule has 7 heteroatoms. The predicted molar refractivity (Wildman–Crippen MR) is 68.4 cm³/mol. The molecule has 0 fully saturated rings. The summed E-state index contributed by atoms with van der Waals surface area (Å²) < 4.78 is 6.50. The normalized spacial score (nSPS) is 12.4. The van der Waals surface area contributed by atoms with E-state index in [2.05, 4.69) is 25.2 Å². The number of carbonyl (C=O) groups excluding carboxylic acids is 1. The van der Waals surface area contributed by atoms with Crippen LogP contribution in [0.2, 0.25) is 0 Å². The van der Waals surface area contributed by atoms with Crippen LogP contribution < -0.4 is 5.32 Å². The van der Waals surface area contributed by atoms with Gasteiger partial charge in [0.25, 0.3) is 0 Å². The minimum atomic E-state index is -0.368. The monoisotopic (exact) mass is 263 g/mol. The molecule has 2 aromatic rings. The Morgan fingerprint density at radius 2 is 2.37 bits per heavy atom. The molecule has 0 saturated heterocycles. The third-order valence-corrected chi connectivity index (χ3v) is 2.88. The van der Waals surface area contributed by atoms with Crippen molar-refractivity contribution in [1.82, 2.24) is 25.1 Å². The Labute approximate surface area is 111 Å². The van der Waals surface area contributed by atoms with E-state index < -0.39 is 0 Å². The standard InChI is InChI=1S/C12H17N5O2/c1-8(11-16-14-7-17(11)2)13-6-9-4-5-10(15-9)12(18)19-3/h4-5,7-8,13,15H,6H2,1-3H3. The molecule has 0 aliphatic carbocycles. The van der Waals surface area contributed by atoms with Crippen LogP contribution in [0, 0.1) is 0 Å². The van der Waals surface area contributed by atoms with E-state index in [1.807, 2.05) is 24.6 Å². The molecule has 0 bridgehead atoms. The maximum atomic E-state index is 11.3. The summed E-state index contributed by atoms with van der Waals surface area (Å²) in [4.78, 5) is 14.3. The molecule has 0 aliphatic rings. The van der Waals surface area contributed by atoms with Gasteiger partial charge in [-0.05, 0) is 19.1 Å². The van der Waals surface area contributed by atoms with E-state index in [1.165, 1.54) is 7.11 Å². The summed E-state index contributed by atoms with van der Waals surface area (Å²) in [5, 5.41) is 11.2. The third-order valence-electron chi connectivity index (χ3n) is 2.88. The second kappa shape index (κ2) is 5.66. The van der Waals surface area contributed by atoms with Crippen LogP contribution >= 0.6 is 0 Å². The maximum Gasteiger partial charge on any atom is 0.354 e. The zero-order valence-electron chi connectivity index (χ0n) is 11.2. The summed E-state index contributed by atoms with van der Waals surface area (Å²) in [7, 11) is 3.26. The van der Waals surface area contributed by atoms with Gasteiger partial charge in [0.2, 0.25) is 0 Å². The molecule has 0 aliphatic heterocycles. The second-order valence-corrected chi connectivity index (χ2v) is 4.29. The molecule has 1 unspecified atom stereocenters. The molecule has 2 aromatic heterocycles. The van der Waals surface area contributed by atoms with Crippen molar-refractivity contribution in [3.63, 3.8) is 0 Å². The molecular weight excluding hydrogens is 246 g/mol. The SMILES string of the molecule is COC(=O)c1ccc(CNC(C)c2nncn2C)[nH]1. The van der Waals surface area contributed by atoms with Gasteiger partial charge in [-0.3, -0.25) is 0 Å². The van der Waals surface area contributed by atoms with Gasteiger partial charge >= 0.3 is 5.97 Å². The fourth-order valence-electron chi connectivity index (χ4n) is 1.81. The zero-order chi connectivity index (χ0) is 13.8. The highest BCUT2D eigenvalue weighted by atomic mass is 16.5. The van der Waals surface area contributed by atoms with Gasteiger partial charge < -0.3 is 19.6 Å². The van der Waals surface area contributed by atoms with Crippen LogP contribution in [-0.4, -0.2) is 32.8 Å². The van der Waals surface area contributed by atoms with Gasteiger partial charge in [-0.25, -0.2) is 4.79 Å². The Bertz CT molecular complexity index is 560. The average molecular weight is 263 g/mol. The molecule has 1 atom stereocenters. The summed E-state index contributed by atoms with van der Waals surface area (Å²) in [5.41, 5.74) is 1.36. The number of hydrogen-bond acceptors (Lipinski definition) is 5. The first-order valence-corrected chi connectivity index (χ1v) is 5.95. The van der Waals surface area contributed by atoms with E-state index in [1.54, 1.807) is 12.4 Å². The molecule has 2 heterocycles. The van der Waals surface area contributed by atoms with Gasteiger partial charge in [0.15, 0.2) is 0 Å². The average Bonchev–Trinajstić information content (AvgIpc) is 3.04. The fourth-order valence-corrected chi connectivity index (χ4v) is 1.81. The number of esters is 1. The van der Waals surface area contributed by atoms with Gasteiger partial charge in [-0.2, -0.15) is 0 Å². The largest absolute Gasteiger partial charge is 0.464 e. The van der Waals surface area contributed by atoms with Crippen molar-refractivity contribution in [2.75, 3.05) is 7.11 Å². The Morgan fingerprint density at radius 1 is 1.58 bits per heavy atom. The third kappa shape index (κ3) is 3.00. The maximum absolute atomic E-state index is 11.3. The minimum absolute atomic E-state index is 0.0670. The molecule has 0 aromatic carbocycles. The van der Waals surface area contributed by atoms with Gasteiger partial charge in [0.1, 0.15) is 17.8 Å². The second-order valence-electron chi connectivity index (χ2n) is 4.29. The number of nitrogens with one attached hydrogen (secondary N) is 2. The Balaban J connectivity index is 1.94. The van der Waals surface area contributed by atoms with Crippen LogP contribution in [-0.2, 0) is 18.3 Å². The lowest BCUT2D eigenvalue weighted by Crippen LogP contribution is -2.21. The Kier molecular flexibility index (Phi) is 3.96. The van der Waals surface area contributed by atoms with Crippen LogP contribution in [0.5, 0.6) is 0 Å². The molecular formula is C12H17N5O2. The summed E-state index contributed by atoms with van der Waals surface area (Å²) in [6, 6.07) is 3.62. The lowest BCUT2D eigenvalue weighted by Gasteiger charge is -2.11. The predicted octanol–water partition coefficient (Wildman–Crippen LogP) is 0.781.